The first kappa shape index (κ1) is 25.8. The van der Waals surface area contributed by atoms with Gasteiger partial charge in [0.1, 0.15) is 5.75 Å². The number of aliphatic imine (C=N–C) groups is 1. The normalized spacial score (nSPS) is 13.1. The highest BCUT2D eigenvalue weighted by Gasteiger charge is 2.28. The third kappa shape index (κ3) is 11.3. The molecule has 1 atom stereocenters. The van der Waals surface area contributed by atoms with Gasteiger partial charge in [-0.15, -0.1) is 24.0 Å². The van der Waals surface area contributed by atoms with E-state index in [0.717, 1.165) is 25.1 Å². The molecule has 9 heteroatoms. The van der Waals surface area contributed by atoms with Crippen LogP contribution in [0, 0.1) is 0 Å². The largest absolute Gasteiger partial charge is 0.484 e. The van der Waals surface area contributed by atoms with Gasteiger partial charge in [0.05, 0.1) is 0 Å². The second kappa shape index (κ2) is 13.0. The topological polar surface area (TPSA) is 48.9 Å². The second-order valence-electron chi connectivity index (χ2n) is 6.14. The Hall–Kier alpha value is -1.23. The first-order valence-corrected chi connectivity index (χ1v) is 8.68. The molecule has 156 valence electrons. The third-order valence-electron chi connectivity index (χ3n) is 4.11. The van der Waals surface area contributed by atoms with E-state index < -0.39 is 12.8 Å². The van der Waals surface area contributed by atoms with Crippen LogP contribution in [0.25, 0.3) is 0 Å². The standard InChI is InChI=1S/C18H29F3N4O.HI/c1-5-14(2)25(4)11-10-23-17(22-3)24-12-15-6-8-16(9-7-15)26-13-18(19,20)21;/h6-9,14H,5,10-13H2,1-4H3,(H2,22,23,24);1H. The summed E-state index contributed by atoms with van der Waals surface area (Å²) >= 11 is 0. The summed E-state index contributed by atoms with van der Waals surface area (Å²) in [6.07, 6.45) is -3.23. The molecule has 0 aliphatic rings. The molecule has 1 aromatic carbocycles. The predicted octanol–water partition coefficient (Wildman–Crippen LogP) is 3.64. The van der Waals surface area contributed by atoms with Crippen molar-refractivity contribution in [2.24, 2.45) is 4.99 Å². The Labute approximate surface area is 176 Å². The Balaban J connectivity index is 0.00000676. The molecule has 0 bridgehead atoms. The third-order valence-corrected chi connectivity index (χ3v) is 4.11. The number of rotatable bonds is 9. The number of alkyl halides is 3. The average molecular weight is 502 g/mol. The highest BCUT2D eigenvalue weighted by atomic mass is 127. The molecule has 1 rings (SSSR count). The van der Waals surface area contributed by atoms with Gasteiger partial charge in [0.25, 0.3) is 0 Å². The smallest absolute Gasteiger partial charge is 0.422 e. The van der Waals surface area contributed by atoms with Gasteiger partial charge in [0.2, 0.25) is 0 Å². The fraction of sp³-hybridized carbons (Fsp3) is 0.611. The van der Waals surface area contributed by atoms with Crippen LogP contribution in [0.15, 0.2) is 29.3 Å². The highest BCUT2D eigenvalue weighted by Crippen LogP contribution is 2.18. The van der Waals surface area contributed by atoms with Gasteiger partial charge in [-0.1, -0.05) is 19.1 Å². The van der Waals surface area contributed by atoms with Crippen molar-refractivity contribution in [2.75, 3.05) is 33.8 Å². The maximum absolute atomic E-state index is 12.1. The maximum atomic E-state index is 12.1. The van der Waals surface area contributed by atoms with Gasteiger partial charge in [-0.05, 0) is 38.1 Å². The first-order chi connectivity index (χ1) is 12.2. The molecule has 0 radical (unpaired) electrons. The van der Waals surface area contributed by atoms with Crippen LogP contribution in [0.2, 0.25) is 0 Å². The van der Waals surface area contributed by atoms with Crippen LogP contribution in [0.5, 0.6) is 5.75 Å². The zero-order valence-corrected chi connectivity index (χ0v) is 18.6. The van der Waals surface area contributed by atoms with E-state index in [1.165, 1.54) is 12.1 Å². The van der Waals surface area contributed by atoms with Gasteiger partial charge in [-0.25, -0.2) is 0 Å². The molecule has 0 amide bonds. The van der Waals surface area contributed by atoms with Crippen LogP contribution < -0.4 is 15.4 Å². The molecule has 0 fully saturated rings. The molecule has 0 spiro atoms. The predicted molar refractivity (Wildman–Crippen MR) is 114 cm³/mol. The second-order valence-corrected chi connectivity index (χ2v) is 6.14. The summed E-state index contributed by atoms with van der Waals surface area (Å²) < 4.78 is 41.1. The van der Waals surface area contributed by atoms with Gasteiger partial charge < -0.3 is 20.3 Å². The van der Waals surface area contributed by atoms with Crippen LogP contribution in [0.3, 0.4) is 0 Å². The molecule has 2 N–H and O–H groups in total. The summed E-state index contributed by atoms with van der Waals surface area (Å²) in [6, 6.07) is 7.04. The number of guanidine groups is 1. The van der Waals surface area contributed by atoms with Crippen molar-refractivity contribution in [3.8, 4) is 5.75 Å². The van der Waals surface area contributed by atoms with Crippen molar-refractivity contribution in [3.05, 3.63) is 29.8 Å². The van der Waals surface area contributed by atoms with E-state index in [1.807, 2.05) is 0 Å². The van der Waals surface area contributed by atoms with E-state index in [4.69, 9.17) is 4.74 Å². The summed E-state index contributed by atoms with van der Waals surface area (Å²) in [5.41, 5.74) is 0.920. The van der Waals surface area contributed by atoms with Gasteiger partial charge in [-0.3, -0.25) is 4.99 Å². The molecular formula is C18H30F3IN4O. The zero-order chi connectivity index (χ0) is 19.6. The Morgan fingerprint density at radius 1 is 1.22 bits per heavy atom. The van der Waals surface area contributed by atoms with Crippen molar-refractivity contribution in [2.45, 2.75) is 39.0 Å². The van der Waals surface area contributed by atoms with Crippen LogP contribution in [-0.4, -0.2) is 56.9 Å². The summed E-state index contributed by atoms with van der Waals surface area (Å²) in [6.45, 7) is 5.25. The number of hydrogen-bond acceptors (Lipinski definition) is 3. The molecule has 1 unspecified atom stereocenters. The number of likely N-dealkylation sites (N-methyl/N-ethyl adjacent to an activating group) is 1. The maximum Gasteiger partial charge on any atom is 0.422 e. The lowest BCUT2D eigenvalue weighted by molar-refractivity contribution is -0.153. The number of hydrogen-bond donors (Lipinski definition) is 2. The summed E-state index contributed by atoms with van der Waals surface area (Å²) in [5.74, 6) is 0.876. The lowest BCUT2D eigenvalue weighted by atomic mass is 10.2. The summed E-state index contributed by atoms with van der Waals surface area (Å²) in [7, 11) is 3.79. The molecule has 5 nitrogen and oxygen atoms in total. The van der Waals surface area contributed by atoms with E-state index >= 15 is 0 Å². The fourth-order valence-corrected chi connectivity index (χ4v) is 2.16. The molecule has 0 saturated carbocycles. The van der Waals surface area contributed by atoms with Crippen LogP contribution >= 0.6 is 24.0 Å². The van der Waals surface area contributed by atoms with Crippen molar-refractivity contribution in [3.63, 3.8) is 0 Å². The monoisotopic (exact) mass is 502 g/mol. The van der Waals surface area contributed by atoms with Crippen molar-refractivity contribution < 1.29 is 17.9 Å². The SMILES string of the molecule is CCC(C)N(C)CCNC(=NC)NCc1ccc(OCC(F)(F)F)cc1.I. The minimum atomic E-state index is -4.33. The van der Waals surface area contributed by atoms with Crippen LogP contribution in [-0.2, 0) is 6.54 Å². The number of benzene rings is 1. The number of nitrogens with zero attached hydrogens (tertiary/aromatic N) is 2. The molecule has 0 heterocycles. The quantitative estimate of drug-likeness (QED) is 0.308. The lowest BCUT2D eigenvalue weighted by Crippen LogP contribution is -2.42. The lowest BCUT2D eigenvalue weighted by Gasteiger charge is -2.24. The van der Waals surface area contributed by atoms with Crippen molar-refractivity contribution >= 4 is 29.9 Å². The van der Waals surface area contributed by atoms with Gasteiger partial charge >= 0.3 is 6.18 Å². The van der Waals surface area contributed by atoms with Gasteiger partial charge in [0.15, 0.2) is 12.6 Å². The van der Waals surface area contributed by atoms with E-state index in [2.05, 4.69) is 41.4 Å². The number of ether oxygens (including phenoxy) is 1. The molecule has 1 aromatic rings. The average Bonchev–Trinajstić information content (AvgIpc) is 2.62. The van der Waals surface area contributed by atoms with E-state index in [9.17, 15) is 13.2 Å². The molecule has 27 heavy (non-hydrogen) atoms. The molecule has 0 aliphatic heterocycles. The molecule has 0 aromatic heterocycles. The minimum Gasteiger partial charge on any atom is -0.484 e. The summed E-state index contributed by atoms with van der Waals surface area (Å²) in [4.78, 5) is 6.44. The first-order valence-electron chi connectivity index (χ1n) is 8.68. The van der Waals surface area contributed by atoms with Gasteiger partial charge in [0, 0.05) is 32.7 Å². The van der Waals surface area contributed by atoms with E-state index in [-0.39, 0.29) is 29.7 Å². The Kier molecular flexibility index (Phi) is 12.4. The van der Waals surface area contributed by atoms with E-state index in [0.29, 0.717) is 18.5 Å². The highest BCUT2D eigenvalue weighted by molar-refractivity contribution is 14.0. The van der Waals surface area contributed by atoms with Gasteiger partial charge in [-0.2, -0.15) is 13.2 Å². The Bertz CT molecular complexity index is 553. The van der Waals surface area contributed by atoms with Crippen LogP contribution in [0.1, 0.15) is 25.8 Å². The van der Waals surface area contributed by atoms with E-state index in [1.54, 1.807) is 19.2 Å². The molecule has 0 saturated heterocycles. The Morgan fingerprint density at radius 2 is 1.85 bits per heavy atom. The minimum absolute atomic E-state index is 0. The van der Waals surface area contributed by atoms with Crippen molar-refractivity contribution in [1.82, 2.24) is 15.5 Å². The molecular weight excluding hydrogens is 472 g/mol. The number of nitrogens with one attached hydrogen (secondary N) is 2. The number of halogens is 4. The van der Waals surface area contributed by atoms with Crippen LogP contribution in [0.4, 0.5) is 13.2 Å². The Morgan fingerprint density at radius 3 is 2.37 bits per heavy atom. The fourth-order valence-electron chi connectivity index (χ4n) is 2.16. The summed E-state index contributed by atoms with van der Waals surface area (Å²) in [5, 5.41) is 6.42. The van der Waals surface area contributed by atoms with Crippen molar-refractivity contribution in [1.29, 1.82) is 0 Å². The zero-order valence-electron chi connectivity index (χ0n) is 16.3. The molecule has 0 aliphatic carbocycles.